The fourth-order valence-corrected chi connectivity index (χ4v) is 4.18. The zero-order chi connectivity index (χ0) is 25.2. The van der Waals surface area contributed by atoms with E-state index in [0.717, 1.165) is 18.5 Å². The molecule has 0 saturated heterocycles. The summed E-state index contributed by atoms with van der Waals surface area (Å²) in [5.74, 6) is -0.0875. The second kappa shape index (κ2) is 9.95. The van der Waals surface area contributed by atoms with Crippen LogP contribution in [0.5, 0.6) is 5.75 Å². The number of pyridine rings is 1. The number of nitrogens with one attached hydrogen (secondary N) is 1. The SMILES string of the molecule is Cc1nc(-c2nnn(C)c2CNc2nccc(C(C)(C)O)n2)ccc1O[C@H]1CCC[C@H](C(=O)O)C1. The van der Waals surface area contributed by atoms with Crippen LogP contribution in [0.3, 0.4) is 0 Å². The third kappa shape index (κ3) is 5.73. The number of aromatic nitrogens is 6. The summed E-state index contributed by atoms with van der Waals surface area (Å²) >= 11 is 0. The van der Waals surface area contributed by atoms with Gasteiger partial charge in [-0.3, -0.25) is 4.79 Å². The molecule has 1 aliphatic carbocycles. The van der Waals surface area contributed by atoms with Gasteiger partial charge in [0.2, 0.25) is 5.95 Å². The summed E-state index contributed by atoms with van der Waals surface area (Å²) < 4.78 is 7.78. The Hall–Kier alpha value is -3.60. The van der Waals surface area contributed by atoms with E-state index in [1.54, 1.807) is 37.8 Å². The standard InChI is InChI=1S/C24H31N7O4/c1-14-19(35-16-7-5-6-15(12-16)22(32)33)9-8-17(27-14)21-18(31(4)30-29-21)13-26-23-25-11-10-20(28-23)24(2,3)34/h8-11,15-16,34H,5-7,12-13H2,1-4H3,(H,32,33)(H,25,26,28)/t15-,16-/m0/s1. The van der Waals surface area contributed by atoms with Gasteiger partial charge in [0.1, 0.15) is 17.0 Å². The summed E-state index contributed by atoms with van der Waals surface area (Å²) in [5.41, 5.74) is 2.20. The number of nitrogens with zero attached hydrogens (tertiary/aromatic N) is 6. The topological polar surface area (TPSA) is 148 Å². The molecule has 2 atom stereocenters. The van der Waals surface area contributed by atoms with E-state index in [9.17, 15) is 15.0 Å². The van der Waals surface area contributed by atoms with E-state index < -0.39 is 11.6 Å². The molecule has 0 spiro atoms. The molecule has 0 unspecified atom stereocenters. The monoisotopic (exact) mass is 481 g/mol. The first-order valence-electron chi connectivity index (χ1n) is 11.7. The molecule has 186 valence electrons. The molecule has 4 rings (SSSR count). The lowest BCUT2D eigenvalue weighted by Crippen LogP contribution is -2.29. The number of aliphatic hydroxyl groups is 1. The lowest BCUT2D eigenvalue weighted by atomic mass is 9.87. The number of carboxylic acid groups (broad SMARTS) is 1. The third-order valence-electron chi connectivity index (χ3n) is 6.19. The molecule has 0 aromatic carbocycles. The average Bonchev–Trinajstić information content (AvgIpc) is 3.19. The van der Waals surface area contributed by atoms with E-state index in [1.165, 1.54) is 0 Å². The summed E-state index contributed by atoms with van der Waals surface area (Å²) in [6.45, 7) is 5.55. The summed E-state index contributed by atoms with van der Waals surface area (Å²) in [4.78, 5) is 24.7. The summed E-state index contributed by atoms with van der Waals surface area (Å²) in [6, 6.07) is 5.36. The second-order valence-corrected chi connectivity index (χ2v) is 9.41. The molecular weight excluding hydrogens is 450 g/mol. The van der Waals surface area contributed by atoms with Gasteiger partial charge in [-0.2, -0.15) is 0 Å². The van der Waals surface area contributed by atoms with Gasteiger partial charge >= 0.3 is 5.97 Å². The van der Waals surface area contributed by atoms with Crippen molar-refractivity contribution < 1.29 is 19.7 Å². The van der Waals surface area contributed by atoms with Gasteiger partial charge in [0.05, 0.1) is 41.3 Å². The van der Waals surface area contributed by atoms with Crippen LogP contribution in [0.4, 0.5) is 5.95 Å². The first-order chi connectivity index (χ1) is 16.6. The van der Waals surface area contributed by atoms with Crippen LogP contribution >= 0.6 is 0 Å². The Bertz CT molecular complexity index is 1200. The van der Waals surface area contributed by atoms with Crippen LogP contribution in [0.25, 0.3) is 11.4 Å². The van der Waals surface area contributed by atoms with Gasteiger partial charge in [-0.05, 0) is 64.7 Å². The smallest absolute Gasteiger partial charge is 0.306 e. The molecule has 3 N–H and O–H groups in total. The van der Waals surface area contributed by atoms with Crippen LogP contribution in [-0.4, -0.2) is 52.2 Å². The zero-order valence-corrected chi connectivity index (χ0v) is 20.4. The van der Waals surface area contributed by atoms with Crippen LogP contribution in [0.2, 0.25) is 0 Å². The van der Waals surface area contributed by atoms with Crippen molar-refractivity contribution in [2.45, 2.75) is 64.7 Å². The maximum atomic E-state index is 11.4. The van der Waals surface area contributed by atoms with E-state index in [1.807, 2.05) is 19.1 Å². The molecule has 1 fully saturated rings. The number of hydrogen-bond donors (Lipinski definition) is 3. The molecule has 3 aromatic rings. The van der Waals surface area contributed by atoms with Gasteiger partial charge in [0, 0.05) is 13.2 Å². The second-order valence-electron chi connectivity index (χ2n) is 9.41. The first kappa shape index (κ1) is 24.5. The van der Waals surface area contributed by atoms with Crippen LogP contribution in [0, 0.1) is 12.8 Å². The van der Waals surface area contributed by atoms with Crippen molar-refractivity contribution in [3.63, 3.8) is 0 Å². The quantitative estimate of drug-likeness (QED) is 0.438. The van der Waals surface area contributed by atoms with Crippen LogP contribution in [-0.2, 0) is 24.0 Å². The average molecular weight is 482 g/mol. The minimum absolute atomic E-state index is 0.132. The highest BCUT2D eigenvalue weighted by atomic mass is 16.5. The predicted octanol–water partition coefficient (Wildman–Crippen LogP) is 2.84. The molecule has 0 amide bonds. The zero-order valence-electron chi connectivity index (χ0n) is 20.4. The normalized spacial score (nSPS) is 18.3. The molecule has 3 aromatic heterocycles. The molecule has 3 heterocycles. The number of carbonyl (C=O) groups is 1. The van der Waals surface area contributed by atoms with E-state index in [4.69, 9.17) is 4.74 Å². The van der Waals surface area contributed by atoms with Crippen molar-refractivity contribution >= 4 is 11.9 Å². The number of aryl methyl sites for hydroxylation is 2. The number of carboxylic acids is 1. The summed E-state index contributed by atoms with van der Waals surface area (Å²) in [5, 5.41) is 31.1. The van der Waals surface area contributed by atoms with Gasteiger partial charge in [-0.1, -0.05) is 5.21 Å². The fourth-order valence-electron chi connectivity index (χ4n) is 4.18. The molecule has 11 heteroatoms. The Morgan fingerprint density at radius 1 is 1.26 bits per heavy atom. The highest BCUT2D eigenvalue weighted by Gasteiger charge is 2.28. The fraction of sp³-hybridized carbons (Fsp3) is 0.500. The van der Waals surface area contributed by atoms with Gasteiger partial charge in [-0.25, -0.2) is 19.6 Å². The third-order valence-corrected chi connectivity index (χ3v) is 6.19. The van der Waals surface area contributed by atoms with Crippen molar-refractivity contribution in [2.24, 2.45) is 13.0 Å². The number of aliphatic carboxylic acids is 1. The Morgan fingerprint density at radius 2 is 2.06 bits per heavy atom. The summed E-state index contributed by atoms with van der Waals surface area (Å²) in [6.07, 6.45) is 4.34. The van der Waals surface area contributed by atoms with Crippen LogP contribution < -0.4 is 10.1 Å². The number of ether oxygens (including phenoxy) is 1. The number of hydrogen-bond acceptors (Lipinski definition) is 9. The van der Waals surface area contributed by atoms with Crippen LogP contribution in [0.15, 0.2) is 24.4 Å². The molecule has 11 nitrogen and oxygen atoms in total. The van der Waals surface area contributed by atoms with E-state index in [2.05, 4.69) is 30.6 Å². The van der Waals surface area contributed by atoms with E-state index in [0.29, 0.717) is 53.9 Å². The lowest BCUT2D eigenvalue weighted by Gasteiger charge is -2.27. The predicted molar refractivity (Wildman–Crippen MR) is 128 cm³/mol. The Labute approximate surface area is 203 Å². The number of rotatable bonds is 8. The van der Waals surface area contributed by atoms with Gasteiger partial charge in [0.15, 0.2) is 0 Å². The molecule has 1 aliphatic rings. The van der Waals surface area contributed by atoms with Gasteiger partial charge < -0.3 is 20.3 Å². The Balaban J connectivity index is 1.49. The van der Waals surface area contributed by atoms with Crippen LogP contribution in [0.1, 0.15) is 56.6 Å². The molecule has 0 radical (unpaired) electrons. The number of anilines is 1. The highest BCUT2D eigenvalue weighted by Crippen LogP contribution is 2.30. The van der Waals surface area contributed by atoms with Crippen molar-refractivity contribution in [1.29, 1.82) is 0 Å². The maximum absolute atomic E-state index is 11.4. The minimum atomic E-state index is -1.07. The van der Waals surface area contributed by atoms with Crippen molar-refractivity contribution in [2.75, 3.05) is 5.32 Å². The van der Waals surface area contributed by atoms with Gasteiger partial charge in [-0.15, -0.1) is 5.10 Å². The van der Waals surface area contributed by atoms with Crippen molar-refractivity contribution in [1.82, 2.24) is 29.9 Å². The molecule has 35 heavy (non-hydrogen) atoms. The van der Waals surface area contributed by atoms with Gasteiger partial charge in [0.25, 0.3) is 0 Å². The first-order valence-corrected chi connectivity index (χ1v) is 11.7. The molecule has 0 aliphatic heterocycles. The Morgan fingerprint density at radius 3 is 2.77 bits per heavy atom. The molecule has 1 saturated carbocycles. The van der Waals surface area contributed by atoms with E-state index in [-0.39, 0.29) is 12.0 Å². The molecular formula is C24H31N7O4. The van der Waals surface area contributed by atoms with E-state index >= 15 is 0 Å². The highest BCUT2D eigenvalue weighted by molar-refractivity contribution is 5.70. The summed E-state index contributed by atoms with van der Waals surface area (Å²) in [7, 11) is 1.80. The Kier molecular flexibility index (Phi) is 6.97. The minimum Gasteiger partial charge on any atom is -0.489 e. The maximum Gasteiger partial charge on any atom is 0.306 e. The lowest BCUT2D eigenvalue weighted by molar-refractivity contribution is -0.143. The molecule has 0 bridgehead atoms. The largest absolute Gasteiger partial charge is 0.489 e. The van der Waals surface area contributed by atoms with Crippen molar-refractivity contribution in [3.05, 3.63) is 41.5 Å². The van der Waals surface area contributed by atoms with Crippen molar-refractivity contribution in [3.8, 4) is 17.1 Å².